The Kier molecular flexibility index (Phi) is 4.44. The molecule has 4 aromatic rings. The molecular weight excluding hydrogens is 346 g/mol. The van der Waals surface area contributed by atoms with E-state index in [1.165, 1.54) is 64.1 Å². The number of hydrogen-bond donors (Lipinski definition) is 0. The molecule has 1 fully saturated rings. The highest BCUT2D eigenvalue weighted by Gasteiger charge is 2.14. The van der Waals surface area contributed by atoms with Gasteiger partial charge in [0.15, 0.2) is 0 Å². The van der Waals surface area contributed by atoms with Crippen molar-refractivity contribution < 1.29 is 4.74 Å². The number of ether oxygens (including phenoxy) is 1. The zero-order chi connectivity index (χ0) is 19.1. The molecule has 28 heavy (non-hydrogen) atoms. The standard InChI is InChI=1S/C24H27N3O/c1-17-20-8-9-25-16-18(20)14-22-21-15-19(6-7-23(21)26(2)24(17)22)28-13-5-12-27-10-3-4-11-27/h6-9,14-16H,3-5,10-13H2,1-2H3. The van der Waals surface area contributed by atoms with E-state index in [-0.39, 0.29) is 0 Å². The molecule has 1 aliphatic heterocycles. The zero-order valence-electron chi connectivity index (χ0n) is 16.7. The summed E-state index contributed by atoms with van der Waals surface area (Å²) in [4.78, 5) is 6.85. The lowest BCUT2D eigenvalue weighted by molar-refractivity contribution is 0.263. The maximum Gasteiger partial charge on any atom is 0.120 e. The van der Waals surface area contributed by atoms with Gasteiger partial charge in [0, 0.05) is 47.7 Å². The molecule has 1 aliphatic rings. The average Bonchev–Trinajstić information content (AvgIpc) is 3.33. The fourth-order valence-electron chi connectivity index (χ4n) is 4.77. The van der Waals surface area contributed by atoms with Gasteiger partial charge >= 0.3 is 0 Å². The maximum atomic E-state index is 6.10. The second-order valence-electron chi connectivity index (χ2n) is 7.98. The van der Waals surface area contributed by atoms with Crippen LogP contribution >= 0.6 is 0 Å². The first-order valence-corrected chi connectivity index (χ1v) is 10.3. The van der Waals surface area contributed by atoms with Crippen molar-refractivity contribution in [1.29, 1.82) is 0 Å². The third-order valence-electron chi connectivity index (χ3n) is 6.21. The highest BCUT2D eigenvalue weighted by atomic mass is 16.5. The van der Waals surface area contributed by atoms with Gasteiger partial charge in [0.25, 0.3) is 0 Å². The monoisotopic (exact) mass is 373 g/mol. The Balaban J connectivity index is 1.47. The first-order chi connectivity index (χ1) is 13.7. The van der Waals surface area contributed by atoms with Crippen LogP contribution in [0.3, 0.4) is 0 Å². The van der Waals surface area contributed by atoms with Crippen LogP contribution in [-0.4, -0.2) is 40.7 Å². The Morgan fingerprint density at radius 2 is 1.89 bits per heavy atom. The van der Waals surface area contributed by atoms with Crippen molar-refractivity contribution in [3.05, 3.63) is 48.3 Å². The zero-order valence-corrected chi connectivity index (χ0v) is 16.7. The van der Waals surface area contributed by atoms with Gasteiger partial charge in [-0.25, -0.2) is 0 Å². The first-order valence-electron chi connectivity index (χ1n) is 10.3. The van der Waals surface area contributed by atoms with Crippen LogP contribution in [0.5, 0.6) is 5.75 Å². The SMILES string of the molecule is Cc1c2ccncc2cc2c3cc(OCCCN4CCCC4)ccc3n(C)c12. The van der Waals surface area contributed by atoms with Crippen molar-refractivity contribution >= 4 is 32.6 Å². The molecule has 0 bridgehead atoms. The number of rotatable bonds is 5. The quantitative estimate of drug-likeness (QED) is 0.459. The molecule has 2 aromatic heterocycles. The smallest absolute Gasteiger partial charge is 0.120 e. The molecule has 0 amide bonds. The minimum absolute atomic E-state index is 0.776. The summed E-state index contributed by atoms with van der Waals surface area (Å²) in [6, 6.07) is 10.9. The van der Waals surface area contributed by atoms with Crippen LogP contribution < -0.4 is 4.74 Å². The van der Waals surface area contributed by atoms with E-state index in [0.29, 0.717) is 0 Å². The molecule has 0 radical (unpaired) electrons. The average molecular weight is 374 g/mol. The van der Waals surface area contributed by atoms with E-state index in [1.807, 2.05) is 12.4 Å². The first kappa shape index (κ1) is 17.5. The lowest BCUT2D eigenvalue weighted by Gasteiger charge is -2.14. The highest BCUT2D eigenvalue weighted by molar-refractivity contribution is 6.14. The topological polar surface area (TPSA) is 30.3 Å². The molecule has 0 saturated carbocycles. The minimum atomic E-state index is 0.776. The van der Waals surface area contributed by atoms with Crippen LogP contribution in [0, 0.1) is 6.92 Å². The Bertz CT molecular complexity index is 1160. The van der Waals surface area contributed by atoms with Crippen LogP contribution in [-0.2, 0) is 7.05 Å². The van der Waals surface area contributed by atoms with Gasteiger partial charge in [0.1, 0.15) is 5.75 Å². The largest absolute Gasteiger partial charge is 0.494 e. The van der Waals surface area contributed by atoms with Gasteiger partial charge in [-0.15, -0.1) is 0 Å². The van der Waals surface area contributed by atoms with E-state index in [2.05, 4.69) is 58.8 Å². The van der Waals surface area contributed by atoms with E-state index in [9.17, 15) is 0 Å². The van der Waals surface area contributed by atoms with E-state index < -0.39 is 0 Å². The van der Waals surface area contributed by atoms with Crippen molar-refractivity contribution in [3.63, 3.8) is 0 Å². The van der Waals surface area contributed by atoms with E-state index in [4.69, 9.17) is 4.74 Å². The predicted octanol–water partition coefficient (Wildman–Crippen LogP) is 5.05. The van der Waals surface area contributed by atoms with Gasteiger partial charge in [-0.3, -0.25) is 4.98 Å². The lowest BCUT2D eigenvalue weighted by atomic mass is 10.0. The molecule has 5 rings (SSSR count). The van der Waals surface area contributed by atoms with Crippen molar-refractivity contribution in [1.82, 2.24) is 14.5 Å². The van der Waals surface area contributed by atoms with E-state index >= 15 is 0 Å². The molecular formula is C24H27N3O. The summed E-state index contributed by atoms with van der Waals surface area (Å²) in [7, 11) is 2.15. The van der Waals surface area contributed by atoms with Crippen LogP contribution in [0.4, 0.5) is 0 Å². The number of pyridine rings is 1. The molecule has 144 valence electrons. The predicted molar refractivity (Wildman–Crippen MR) is 116 cm³/mol. The number of aromatic nitrogens is 2. The number of fused-ring (bicyclic) bond motifs is 4. The van der Waals surface area contributed by atoms with Crippen molar-refractivity contribution in [2.75, 3.05) is 26.2 Å². The van der Waals surface area contributed by atoms with E-state index in [0.717, 1.165) is 25.3 Å². The molecule has 1 saturated heterocycles. The molecule has 2 aromatic carbocycles. The Labute approximate surface area is 165 Å². The van der Waals surface area contributed by atoms with Crippen LogP contribution in [0.2, 0.25) is 0 Å². The van der Waals surface area contributed by atoms with Gasteiger partial charge in [0.05, 0.1) is 12.1 Å². The lowest BCUT2D eigenvalue weighted by Crippen LogP contribution is -2.21. The summed E-state index contributed by atoms with van der Waals surface area (Å²) in [5.74, 6) is 0.963. The second-order valence-corrected chi connectivity index (χ2v) is 7.98. The fourth-order valence-corrected chi connectivity index (χ4v) is 4.77. The van der Waals surface area contributed by atoms with Gasteiger partial charge < -0.3 is 14.2 Å². The molecule has 4 heteroatoms. The third-order valence-corrected chi connectivity index (χ3v) is 6.21. The summed E-state index contributed by atoms with van der Waals surface area (Å²) < 4.78 is 8.40. The van der Waals surface area contributed by atoms with Gasteiger partial charge in [-0.2, -0.15) is 0 Å². The summed E-state index contributed by atoms with van der Waals surface area (Å²) in [5, 5.41) is 4.99. The number of benzene rings is 2. The highest BCUT2D eigenvalue weighted by Crippen LogP contribution is 2.36. The summed E-state index contributed by atoms with van der Waals surface area (Å²) in [6.45, 7) is 6.64. The van der Waals surface area contributed by atoms with Crippen LogP contribution in [0.1, 0.15) is 24.8 Å². The van der Waals surface area contributed by atoms with Gasteiger partial charge in [-0.1, -0.05) is 0 Å². The fraction of sp³-hybridized carbons (Fsp3) is 0.375. The third kappa shape index (κ3) is 2.92. The molecule has 3 heterocycles. The van der Waals surface area contributed by atoms with Gasteiger partial charge in [-0.05, 0) is 80.6 Å². The maximum absolute atomic E-state index is 6.10. The van der Waals surface area contributed by atoms with Crippen molar-refractivity contribution in [2.24, 2.45) is 7.05 Å². The second kappa shape index (κ2) is 7.10. The molecule has 0 aliphatic carbocycles. The molecule has 0 spiro atoms. The molecule has 0 unspecified atom stereocenters. The number of nitrogens with zero attached hydrogens (tertiary/aromatic N) is 3. The Morgan fingerprint density at radius 3 is 2.75 bits per heavy atom. The summed E-state index contributed by atoms with van der Waals surface area (Å²) in [6.07, 6.45) is 7.62. The number of aryl methyl sites for hydroxylation is 2. The van der Waals surface area contributed by atoms with Crippen LogP contribution in [0.25, 0.3) is 32.6 Å². The van der Waals surface area contributed by atoms with Crippen molar-refractivity contribution in [3.8, 4) is 5.75 Å². The number of likely N-dealkylation sites (tertiary alicyclic amines) is 1. The molecule has 4 nitrogen and oxygen atoms in total. The van der Waals surface area contributed by atoms with Gasteiger partial charge in [0.2, 0.25) is 0 Å². The summed E-state index contributed by atoms with van der Waals surface area (Å²) >= 11 is 0. The van der Waals surface area contributed by atoms with Crippen molar-refractivity contribution in [2.45, 2.75) is 26.2 Å². The number of hydrogen-bond acceptors (Lipinski definition) is 3. The Hall–Kier alpha value is -2.59. The molecule has 0 atom stereocenters. The molecule has 0 N–H and O–H groups in total. The van der Waals surface area contributed by atoms with E-state index in [1.54, 1.807) is 0 Å². The summed E-state index contributed by atoms with van der Waals surface area (Å²) in [5.41, 5.74) is 3.84. The minimum Gasteiger partial charge on any atom is -0.494 e. The Morgan fingerprint density at radius 1 is 1.04 bits per heavy atom. The van der Waals surface area contributed by atoms with Crippen LogP contribution in [0.15, 0.2) is 42.7 Å². The normalized spacial score (nSPS) is 15.2.